The van der Waals surface area contributed by atoms with Crippen LogP contribution in [-0.2, 0) is 14.1 Å². The zero-order valence-electron chi connectivity index (χ0n) is 14.6. The van der Waals surface area contributed by atoms with Gasteiger partial charge in [-0.25, -0.2) is 0 Å². The van der Waals surface area contributed by atoms with Crippen LogP contribution >= 0.6 is 0 Å². The van der Waals surface area contributed by atoms with Crippen LogP contribution in [0.2, 0.25) is 0 Å². The Kier molecular flexibility index (Phi) is 3.47. The number of aromatic nitrogens is 5. The highest BCUT2D eigenvalue weighted by atomic mass is 16.2. The molecular weight excluding hydrogens is 304 g/mol. The molecule has 2 fully saturated rings. The quantitative estimate of drug-likeness (QED) is 0.841. The normalized spacial score (nSPS) is 22.6. The van der Waals surface area contributed by atoms with Crippen molar-refractivity contribution in [3.8, 4) is 0 Å². The Balaban J connectivity index is 1.66. The fraction of sp³-hybridized carbons (Fsp3) is 0.647. The van der Waals surface area contributed by atoms with Crippen molar-refractivity contribution in [3.63, 3.8) is 0 Å². The Morgan fingerprint density at radius 2 is 2.04 bits per heavy atom. The number of hydrogen-bond acceptors (Lipinski definition) is 4. The van der Waals surface area contributed by atoms with E-state index in [9.17, 15) is 4.79 Å². The summed E-state index contributed by atoms with van der Waals surface area (Å²) in [6.07, 6.45) is 6.56. The summed E-state index contributed by atoms with van der Waals surface area (Å²) in [5.41, 5.74) is 1.70. The molecule has 0 N–H and O–H groups in total. The second kappa shape index (κ2) is 5.43. The molecule has 0 aromatic carbocycles. The van der Waals surface area contributed by atoms with Gasteiger partial charge in [0, 0.05) is 33.1 Å². The SMILES string of the molecule is Cc1cc(C(=O)N2CC(c3nncn3C)C3(CCCC3)C2)n(C)n1. The maximum absolute atomic E-state index is 13.0. The van der Waals surface area contributed by atoms with Crippen LogP contribution in [0, 0.1) is 12.3 Å². The minimum absolute atomic E-state index is 0.0778. The van der Waals surface area contributed by atoms with Crippen molar-refractivity contribution in [3.05, 3.63) is 29.6 Å². The summed E-state index contributed by atoms with van der Waals surface area (Å²) in [6.45, 7) is 3.45. The molecule has 2 aliphatic rings. The Morgan fingerprint density at radius 3 is 2.62 bits per heavy atom. The van der Waals surface area contributed by atoms with Crippen LogP contribution in [0.15, 0.2) is 12.4 Å². The predicted octanol–water partition coefficient (Wildman–Crippen LogP) is 1.66. The topological polar surface area (TPSA) is 68.8 Å². The lowest BCUT2D eigenvalue weighted by molar-refractivity contribution is 0.0762. The van der Waals surface area contributed by atoms with Gasteiger partial charge in [0.1, 0.15) is 17.8 Å². The van der Waals surface area contributed by atoms with Gasteiger partial charge in [0.05, 0.1) is 5.69 Å². The van der Waals surface area contributed by atoms with Gasteiger partial charge in [-0.1, -0.05) is 12.8 Å². The summed E-state index contributed by atoms with van der Waals surface area (Å²) < 4.78 is 3.70. The van der Waals surface area contributed by atoms with Crippen LogP contribution < -0.4 is 0 Å². The highest BCUT2D eigenvalue weighted by Gasteiger charge is 2.51. The molecule has 7 nitrogen and oxygen atoms in total. The largest absolute Gasteiger partial charge is 0.336 e. The second-order valence-corrected chi connectivity index (χ2v) is 7.40. The first kappa shape index (κ1) is 15.4. The first-order valence-corrected chi connectivity index (χ1v) is 8.64. The van der Waals surface area contributed by atoms with Gasteiger partial charge in [0.25, 0.3) is 5.91 Å². The molecule has 1 saturated heterocycles. The van der Waals surface area contributed by atoms with E-state index in [4.69, 9.17) is 0 Å². The molecular formula is C17H24N6O. The van der Waals surface area contributed by atoms with Gasteiger partial charge in [-0.2, -0.15) is 5.10 Å². The molecule has 1 aliphatic carbocycles. The van der Waals surface area contributed by atoms with Gasteiger partial charge in [-0.15, -0.1) is 10.2 Å². The average molecular weight is 328 g/mol. The molecule has 2 aromatic heterocycles. The number of hydrogen-bond donors (Lipinski definition) is 0. The first-order valence-electron chi connectivity index (χ1n) is 8.64. The van der Waals surface area contributed by atoms with Crippen LogP contribution in [-0.4, -0.2) is 48.4 Å². The number of amides is 1. The van der Waals surface area contributed by atoms with Crippen LogP contribution in [0.25, 0.3) is 0 Å². The van der Waals surface area contributed by atoms with E-state index in [1.165, 1.54) is 25.7 Å². The van der Waals surface area contributed by atoms with Crippen molar-refractivity contribution in [2.24, 2.45) is 19.5 Å². The average Bonchev–Trinajstić information content (AvgIpc) is 3.29. The van der Waals surface area contributed by atoms with E-state index in [2.05, 4.69) is 15.3 Å². The van der Waals surface area contributed by atoms with Gasteiger partial charge in [0.15, 0.2) is 0 Å². The van der Waals surface area contributed by atoms with Gasteiger partial charge >= 0.3 is 0 Å². The maximum Gasteiger partial charge on any atom is 0.272 e. The third kappa shape index (κ3) is 2.25. The molecule has 1 saturated carbocycles. The van der Waals surface area contributed by atoms with E-state index in [-0.39, 0.29) is 17.2 Å². The van der Waals surface area contributed by atoms with Crippen molar-refractivity contribution >= 4 is 5.91 Å². The van der Waals surface area contributed by atoms with Gasteiger partial charge < -0.3 is 9.47 Å². The van der Waals surface area contributed by atoms with E-state index >= 15 is 0 Å². The van der Waals surface area contributed by atoms with Crippen molar-refractivity contribution < 1.29 is 4.79 Å². The molecule has 24 heavy (non-hydrogen) atoms. The highest BCUT2D eigenvalue weighted by Crippen LogP contribution is 2.53. The third-order valence-corrected chi connectivity index (χ3v) is 5.81. The number of likely N-dealkylation sites (tertiary alicyclic amines) is 1. The monoisotopic (exact) mass is 328 g/mol. The maximum atomic E-state index is 13.0. The van der Waals surface area contributed by atoms with Crippen LogP contribution in [0.1, 0.15) is 53.6 Å². The van der Waals surface area contributed by atoms with E-state index in [1.807, 2.05) is 36.6 Å². The lowest BCUT2D eigenvalue weighted by Crippen LogP contribution is -2.32. The Hall–Kier alpha value is -2.18. The lowest BCUT2D eigenvalue weighted by atomic mass is 9.76. The number of rotatable bonds is 2. The Bertz CT molecular complexity index is 770. The van der Waals surface area contributed by atoms with E-state index < -0.39 is 0 Å². The minimum Gasteiger partial charge on any atom is -0.336 e. The van der Waals surface area contributed by atoms with E-state index in [1.54, 1.807) is 11.0 Å². The molecule has 2 aromatic rings. The number of nitrogens with zero attached hydrogens (tertiary/aromatic N) is 6. The molecule has 128 valence electrons. The van der Waals surface area contributed by atoms with Crippen LogP contribution in [0.3, 0.4) is 0 Å². The van der Waals surface area contributed by atoms with Crippen LogP contribution in [0.5, 0.6) is 0 Å². The molecule has 4 rings (SSSR count). The standard InChI is InChI=1S/C17H24N6O/c1-12-8-14(22(3)20-12)16(24)23-9-13(15-19-18-11-21(15)2)17(10-23)6-4-5-7-17/h8,11,13H,4-7,9-10H2,1-3H3. The lowest BCUT2D eigenvalue weighted by Gasteiger charge is -2.28. The molecule has 1 unspecified atom stereocenters. The van der Waals surface area contributed by atoms with Crippen molar-refractivity contribution in [1.82, 2.24) is 29.4 Å². The minimum atomic E-state index is 0.0778. The predicted molar refractivity (Wildman–Crippen MR) is 88.5 cm³/mol. The van der Waals surface area contributed by atoms with E-state index in [0.717, 1.165) is 24.6 Å². The van der Waals surface area contributed by atoms with E-state index in [0.29, 0.717) is 5.69 Å². The fourth-order valence-corrected chi connectivity index (χ4v) is 4.65. The van der Waals surface area contributed by atoms with Crippen molar-refractivity contribution in [2.45, 2.75) is 38.5 Å². The molecule has 7 heteroatoms. The molecule has 1 spiro atoms. The van der Waals surface area contributed by atoms with Gasteiger partial charge in [-0.3, -0.25) is 9.48 Å². The van der Waals surface area contributed by atoms with Crippen molar-refractivity contribution in [2.75, 3.05) is 13.1 Å². The first-order chi connectivity index (χ1) is 11.5. The second-order valence-electron chi connectivity index (χ2n) is 7.40. The summed E-state index contributed by atoms with van der Waals surface area (Å²) in [5.74, 6) is 1.35. The third-order valence-electron chi connectivity index (χ3n) is 5.81. The molecule has 1 aliphatic heterocycles. The zero-order valence-corrected chi connectivity index (χ0v) is 14.6. The summed E-state index contributed by atoms with van der Waals surface area (Å²) in [5, 5.41) is 12.7. The summed E-state index contributed by atoms with van der Waals surface area (Å²) >= 11 is 0. The fourth-order valence-electron chi connectivity index (χ4n) is 4.65. The summed E-state index contributed by atoms with van der Waals surface area (Å²) in [4.78, 5) is 15.0. The Morgan fingerprint density at radius 1 is 1.29 bits per heavy atom. The highest BCUT2D eigenvalue weighted by molar-refractivity contribution is 5.93. The number of aryl methyl sites for hydroxylation is 3. The molecule has 0 radical (unpaired) electrons. The van der Waals surface area contributed by atoms with Gasteiger partial charge in [0.2, 0.25) is 0 Å². The molecule has 3 heterocycles. The summed E-state index contributed by atoms with van der Waals surface area (Å²) in [7, 11) is 3.83. The number of carbonyl (C=O) groups is 1. The molecule has 0 bridgehead atoms. The Labute approximate surface area is 141 Å². The zero-order chi connectivity index (χ0) is 16.9. The smallest absolute Gasteiger partial charge is 0.272 e. The van der Waals surface area contributed by atoms with Crippen molar-refractivity contribution in [1.29, 1.82) is 0 Å². The van der Waals surface area contributed by atoms with Crippen LogP contribution in [0.4, 0.5) is 0 Å². The molecule has 1 atom stereocenters. The van der Waals surface area contributed by atoms with Gasteiger partial charge in [-0.05, 0) is 31.2 Å². The summed E-state index contributed by atoms with van der Waals surface area (Å²) in [6, 6.07) is 1.87. The molecule has 1 amide bonds. The number of carbonyl (C=O) groups excluding carboxylic acids is 1.